The number of anilines is 1. The number of amides is 1. The molecular weight excluding hydrogens is 324 g/mol. The monoisotopic (exact) mass is 342 g/mol. The van der Waals surface area contributed by atoms with E-state index in [2.05, 4.69) is 20.2 Å². The molecule has 124 valence electrons. The molecule has 3 aromatic heterocycles. The molecule has 0 unspecified atom stereocenters. The van der Waals surface area contributed by atoms with E-state index in [4.69, 9.17) is 0 Å². The maximum atomic E-state index is 12.5. The van der Waals surface area contributed by atoms with Crippen molar-refractivity contribution in [3.05, 3.63) is 39.8 Å². The van der Waals surface area contributed by atoms with Crippen LogP contribution in [0.25, 0.3) is 5.65 Å². The number of thiophene rings is 1. The van der Waals surface area contributed by atoms with Crippen molar-refractivity contribution in [2.75, 3.05) is 25.0 Å². The molecule has 4 rings (SSSR count). The second-order valence-electron chi connectivity index (χ2n) is 6.09. The summed E-state index contributed by atoms with van der Waals surface area (Å²) < 4.78 is 1.74. The summed E-state index contributed by atoms with van der Waals surface area (Å²) in [4.78, 5) is 18.5. The van der Waals surface area contributed by atoms with Crippen molar-refractivity contribution >= 4 is 28.7 Å². The molecule has 1 aliphatic rings. The molecular formula is C16H18N6OS. The number of aryl methyl sites for hydroxylation is 2. The van der Waals surface area contributed by atoms with Gasteiger partial charge in [0, 0.05) is 25.0 Å². The van der Waals surface area contributed by atoms with Gasteiger partial charge in [0.1, 0.15) is 5.82 Å². The van der Waals surface area contributed by atoms with Crippen LogP contribution < -0.4 is 4.90 Å². The molecule has 1 amide bonds. The van der Waals surface area contributed by atoms with Crippen LogP contribution in [0.4, 0.5) is 5.82 Å². The van der Waals surface area contributed by atoms with Crippen LogP contribution in [-0.2, 0) is 0 Å². The molecule has 0 N–H and O–H groups in total. The second-order valence-corrected chi connectivity index (χ2v) is 7.38. The zero-order chi connectivity index (χ0) is 16.8. The molecule has 0 bridgehead atoms. The molecule has 1 saturated heterocycles. The SMILES string of the molecule is Cc1ccc(C(=O)N(C)C2CN(c3ccc4nnc(C)n4n3)C2)s1. The fraction of sp³-hybridized carbons (Fsp3) is 0.375. The van der Waals surface area contributed by atoms with Crippen LogP contribution in [0.3, 0.4) is 0 Å². The lowest BCUT2D eigenvalue weighted by atomic mass is 10.1. The Labute approximate surface area is 143 Å². The third-order valence-corrected chi connectivity index (χ3v) is 5.40. The van der Waals surface area contributed by atoms with Crippen molar-refractivity contribution in [2.45, 2.75) is 19.9 Å². The van der Waals surface area contributed by atoms with Crippen LogP contribution in [0.5, 0.6) is 0 Å². The third kappa shape index (κ3) is 2.43. The maximum absolute atomic E-state index is 12.5. The second kappa shape index (κ2) is 5.55. The van der Waals surface area contributed by atoms with Gasteiger partial charge in [-0.15, -0.1) is 26.6 Å². The van der Waals surface area contributed by atoms with E-state index >= 15 is 0 Å². The topological polar surface area (TPSA) is 66.6 Å². The van der Waals surface area contributed by atoms with Crippen molar-refractivity contribution in [3.8, 4) is 0 Å². The minimum absolute atomic E-state index is 0.0933. The molecule has 3 aromatic rings. The number of carbonyl (C=O) groups excluding carboxylic acids is 1. The number of hydrogen-bond donors (Lipinski definition) is 0. The predicted octanol–water partition coefficient (Wildman–Crippen LogP) is 1.76. The van der Waals surface area contributed by atoms with E-state index in [0.29, 0.717) is 0 Å². The Morgan fingerprint density at radius 2 is 2.00 bits per heavy atom. The molecule has 0 saturated carbocycles. The molecule has 0 atom stereocenters. The van der Waals surface area contributed by atoms with E-state index in [1.165, 1.54) is 0 Å². The van der Waals surface area contributed by atoms with Crippen LogP contribution >= 0.6 is 11.3 Å². The smallest absolute Gasteiger partial charge is 0.264 e. The van der Waals surface area contributed by atoms with Gasteiger partial charge in [0.15, 0.2) is 11.5 Å². The molecule has 1 fully saturated rings. The highest BCUT2D eigenvalue weighted by Crippen LogP contribution is 2.24. The summed E-state index contributed by atoms with van der Waals surface area (Å²) >= 11 is 1.54. The van der Waals surface area contributed by atoms with Gasteiger partial charge < -0.3 is 9.80 Å². The zero-order valence-corrected chi connectivity index (χ0v) is 14.6. The molecule has 8 heteroatoms. The fourth-order valence-corrected chi connectivity index (χ4v) is 3.68. The lowest BCUT2D eigenvalue weighted by molar-refractivity contribution is 0.0710. The first-order valence-corrected chi connectivity index (χ1v) is 8.62. The van der Waals surface area contributed by atoms with Gasteiger partial charge in [0.2, 0.25) is 0 Å². The van der Waals surface area contributed by atoms with Gasteiger partial charge in [-0.3, -0.25) is 4.79 Å². The number of fused-ring (bicyclic) bond motifs is 1. The lowest BCUT2D eigenvalue weighted by Crippen LogP contribution is -2.60. The number of rotatable bonds is 3. The van der Waals surface area contributed by atoms with E-state index in [-0.39, 0.29) is 11.9 Å². The minimum atomic E-state index is 0.0933. The Balaban J connectivity index is 1.45. The van der Waals surface area contributed by atoms with Gasteiger partial charge in [-0.25, -0.2) is 0 Å². The Morgan fingerprint density at radius 1 is 1.21 bits per heavy atom. The first-order valence-electron chi connectivity index (χ1n) is 7.80. The highest BCUT2D eigenvalue weighted by Gasteiger charge is 2.34. The molecule has 0 spiro atoms. The van der Waals surface area contributed by atoms with Crippen LogP contribution in [0.2, 0.25) is 0 Å². The normalized spacial score (nSPS) is 14.9. The van der Waals surface area contributed by atoms with Crippen molar-refractivity contribution in [1.82, 2.24) is 24.7 Å². The third-order valence-electron chi connectivity index (χ3n) is 4.41. The molecule has 0 aliphatic carbocycles. The first kappa shape index (κ1) is 15.1. The van der Waals surface area contributed by atoms with Crippen molar-refractivity contribution in [3.63, 3.8) is 0 Å². The lowest BCUT2D eigenvalue weighted by Gasteiger charge is -2.44. The van der Waals surface area contributed by atoms with Gasteiger partial charge >= 0.3 is 0 Å². The summed E-state index contributed by atoms with van der Waals surface area (Å²) in [5.41, 5.74) is 0.744. The van der Waals surface area contributed by atoms with E-state index in [1.807, 2.05) is 50.1 Å². The summed E-state index contributed by atoms with van der Waals surface area (Å²) in [7, 11) is 1.87. The number of aromatic nitrogens is 4. The Hall–Kier alpha value is -2.48. The number of hydrogen-bond acceptors (Lipinski definition) is 6. The van der Waals surface area contributed by atoms with Crippen LogP contribution in [-0.4, -0.2) is 56.8 Å². The molecule has 0 aromatic carbocycles. The maximum Gasteiger partial charge on any atom is 0.264 e. The number of carbonyl (C=O) groups is 1. The molecule has 0 radical (unpaired) electrons. The van der Waals surface area contributed by atoms with Crippen molar-refractivity contribution in [2.24, 2.45) is 0 Å². The molecule has 1 aliphatic heterocycles. The fourth-order valence-electron chi connectivity index (χ4n) is 2.83. The van der Waals surface area contributed by atoms with E-state index < -0.39 is 0 Å². The highest BCUT2D eigenvalue weighted by molar-refractivity contribution is 7.13. The summed E-state index contributed by atoms with van der Waals surface area (Å²) in [6, 6.07) is 7.96. The average Bonchev–Trinajstić information content (AvgIpc) is 3.12. The predicted molar refractivity (Wildman–Crippen MR) is 92.7 cm³/mol. The van der Waals surface area contributed by atoms with Crippen LogP contribution in [0, 0.1) is 13.8 Å². The highest BCUT2D eigenvalue weighted by atomic mass is 32.1. The Bertz CT molecular complexity index is 910. The number of likely N-dealkylation sites (N-methyl/N-ethyl adjacent to an activating group) is 1. The minimum Gasteiger partial charge on any atom is -0.351 e. The molecule has 4 heterocycles. The molecule has 7 nitrogen and oxygen atoms in total. The standard InChI is InChI=1S/C16H18N6OS/c1-10-4-5-13(24-10)16(23)20(3)12-8-21(9-12)15-7-6-14-18-17-11(2)22(14)19-15/h4-7,12H,8-9H2,1-3H3. The van der Waals surface area contributed by atoms with Gasteiger partial charge in [0.25, 0.3) is 5.91 Å². The average molecular weight is 342 g/mol. The summed E-state index contributed by atoms with van der Waals surface area (Å²) in [5, 5.41) is 12.6. The zero-order valence-electron chi connectivity index (χ0n) is 13.8. The summed E-state index contributed by atoms with van der Waals surface area (Å²) in [6.07, 6.45) is 0. The Kier molecular flexibility index (Phi) is 3.49. The summed E-state index contributed by atoms with van der Waals surface area (Å²) in [6.45, 7) is 5.46. The van der Waals surface area contributed by atoms with E-state index in [9.17, 15) is 4.79 Å². The largest absolute Gasteiger partial charge is 0.351 e. The molecule has 24 heavy (non-hydrogen) atoms. The van der Waals surface area contributed by atoms with Gasteiger partial charge in [-0.1, -0.05) is 0 Å². The van der Waals surface area contributed by atoms with Gasteiger partial charge in [-0.05, 0) is 38.1 Å². The van der Waals surface area contributed by atoms with Crippen LogP contribution in [0.15, 0.2) is 24.3 Å². The van der Waals surface area contributed by atoms with E-state index in [0.717, 1.165) is 40.1 Å². The first-order chi connectivity index (χ1) is 11.5. The van der Waals surface area contributed by atoms with Crippen molar-refractivity contribution < 1.29 is 4.79 Å². The van der Waals surface area contributed by atoms with Gasteiger partial charge in [0.05, 0.1) is 10.9 Å². The summed E-state index contributed by atoms with van der Waals surface area (Å²) in [5.74, 6) is 1.74. The van der Waals surface area contributed by atoms with Crippen LogP contribution in [0.1, 0.15) is 20.4 Å². The van der Waals surface area contributed by atoms with E-state index in [1.54, 1.807) is 15.9 Å². The van der Waals surface area contributed by atoms with Crippen molar-refractivity contribution in [1.29, 1.82) is 0 Å². The Morgan fingerprint density at radius 3 is 2.71 bits per heavy atom. The quantitative estimate of drug-likeness (QED) is 0.726. The van der Waals surface area contributed by atoms with Gasteiger partial charge in [-0.2, -0.15) is 4.52 Å². The number of nitrogens with zero attached hydrogens (tertiary/aromatic N) is 6.